The number of aliphatic hydroxyl groups excluding tert-OH is 1. The molecular weight excluding hydrogens is 306 g/mol. The number of halogens is 1. The molecule has 0 amide bonds. The largest absolute Gasteiger partial charge is 0.394 e. The van der Waals surface area contributed by atoms with Crippen LogP contribution in [0.1, 0.15) is 11.5 Å². The van der Waals surface area contributed by atoms with Gasteiger partial charge in [-0.25, -0.2) is 8.42 Å². The van der Waals surface area contributed by atoms with E-state index in [0.717, 1.165) is 16.3 Å². The first-order valence-electron chi connectivity index (χ1n) is 5.15. The quantitative estimate of drug-likeness (QED) is 0.857. The Labute approximate surface area is 109 Å². The van der Waals surface area contributed by atoms with E-state index in [4.69, 9.17) is 5.73 Å². The van der Waals surface area contributed by atoms with E-state index >= 15 is 0 Å². The summed E-state index contributed by atoms with van der Waals surface area (Å²) in [5.41, 5.74) is 5.76. The predicted octanol–water partition coefficient (Wildman–Crippen LogP) is 0.649. The second-order valence-electron chi connectivity index (χ2n) is 4.55. The molecule has 3 N–H and O–H groups in total. The van der Waals surface area contributed by atoms with Crippen molar-refractivity contribution < 1.29 is 13.5 Å². The molecule has 1 fully saturated rings. The van der Waals surface area contributed by atoms with Crippen LogP contribution in [0.5, 0.6) is 0 Å². The summed E-state index contributed by atoms with van der Waals surface area (Å²) < 4.78 is 24.2. The van der Waals surface area contributed by atoms with Crippen molar-refractivity contribution in [2.45, 2.75) is 16.7 Å². The molecule has 6 heteroatoms. The van der Waals surface area contributed by atoms with Gasteiger partial charge in [-0.1, -0.05) is 28.1 Å². The third kappa shape index (κ3) is 2.14. The Bertz CT molecular complexity index is 528. The molecule has 1 aromatic carbocycles. The van der Waals surface area contributed by atoms with E-state index < -0.39 is 20.6 Å². The lowest BCUT2D eigenvalue weighted by Gasteiger charge is -2.06. The van der Waals surface area contributed by atoms with Crippen LogP contribution in [0.2, 0.25) is 0 Å². The van der Waals surface area contributed by atoms with E-state index in [-0.39, 0.29) is 12.5 Å². The summed E-state index contributed by atoms with van der Waals surface area (Å²) in [7, 11) is -3.25. The van der Waals surface area contributed by atoms with Gasteiger partial charge in [0, 0.05) is 16.6 Å². The summed E-state index contributed by atoms with van der Waals surface area (Å²) in [6.07, 6.45) is 1.16. The number of hydrogen-bond donors (Lipinski definition) is 2. The average molecular weight is 320 g/mol. The smallest absolute Gasteiger partial charge is 0.152 e. The van der Waals surface area contributed by atoms with Gasteiger partial charge in [0.15, 0.2) is 9.84 Å². The highest BCUT2D eigenvalue weighted by molar-refractivity contribution is 9.10. The average Bonchev–Trinajstić information content (AvgIpc) is 2.87. The fraction of sp³-hybridized carbons (Fsp3) is 0.455. The summed E-state index contributed by atoms with van der Waals surface area (Å²) in [4.78, 5) is 0. The highest BCUT2D eigenvalue weighted by Gasteiger charge is 2.67. The van der Waals surface area contributed by atoms with Crippen LogP contribution >= 0.6 is 15.9 Å². The highest BCUT2D eigenvalue weighted by atomic mass is 79.9. The van der Waals surface area contributed by atoms with Crippen LogP contribution < -0.4 is 5.73 Å². The van der Waals surface area contributed by atoms with Crippen LogP contribution in [0, 0.1) is 0 Å². The van der Waals surface area contributed by atoms with Gasteiger partial charge in [0.1, 0.15) is 0 Å². The van der Waals surface area contributed by atoms with E-state index in [9.17, 15) is 13.5 Å². The first kappa shape index (κ1) is 13.0. The number of rotatable bonds is 3. The van der Waals surface area contributed by atoms with Crippen LogP contribution in [0.3, 0.4) is 0 Å². The monoisotopic (exact) mass is 319 g/mol. The molecule has 17 heavy (non-hydrogen) atoms. The molecule has 1 aliphatic rings. The molecule has 4 nitrogen and oxygen atoms in total. The van der Waals surface area contributed by atoms with Gasteiger partial charge in [0.2, 0.25) is 0 Å². The molecule has 94 valence electrons. The van der Waals surface area contributed by atoms with Crippen LogP contribution in [-0.4, -0.2) is 37.2 Å². The van der Waals surface area contributed by atoms with Gasteiger partial charge in [0.25, 0.3) is 0 Å². The molecule has 0 spiro atoms. The Hall–Kier alpha value is -0.430. The molecule has 0 unspecified atom stereocenters. The number of nitrogens with two attached hydrogens (primary N) is 1. The van der Waals surface area contributed by atoms with Gasteiger partial charge >= 0.3 is 0 Å². The summed E-state index contributed by atoms with van der Waals surface area (Å²) in [5.74, 6) is -0.324. The fourth-order valence-corrected chi connectivity index (χ4v) is 4.52. The third-order valence-electron chi connectivity index (χ3n) is 3.27. The molecule has 3 atom stereocenters. The fourth-order valence-electron chi connectivity index (χ4n) is 2.41. The van der Waals surface area contributed by atoms with E-state index in [1.54, 1.807) is 0 Å². The van der Waals surface area contributed by atoms with Gasteiger partial charge in [-0.2, -0.15) is 0 Å². The Morgan fingerprint density at radius 1 is 1.41 bits per heavy atom. The van der Waals surface area contributed by atoms with Crippen molar-refractivity contribution >= 4 is 25.8 Å². The maximum atomic E-state index is 11.6. The lowest BCUT2D eigenvalue weighted by molar-refractivity contribution is 0.253. The number of hydrogen-bond acceptors (Lipinski definition) is 4. The second-order valence-corrected chi connectivity index (χ2v) is 7.63. The standard InChI is InChI=1S/C11H14BrNO3S/c1-17(15,16)10-9(11(10,13)6-14)7-2-4-8(12)5-3-7/h2-5,9-10,14H,6,13H2,1H3/t9-,10-,11-/m0/s1. The molecule has 0 saturated heterocycles. The van der Waals surface area contributed by atoms with Crippen molar-refractivity contribution in [1.82, 2.24) is 0 Å². The summed E-state index contributed by atoms with van der Waals surface area (Å²) >= 11 is 3.32. The van der Waals surface area contributed by atoms with Gasteiger partial charge in [0.05, 0.1) is 17.4 Å². The molecule has 1 aliphatic carbocycles. The number of sulfone groups is 1. The summed E-state index contributed by atoms with van der Waals surface area (Å²) in [6, 6.07) is 7.34. The molecule has 1 saturated carbocycles. The molecule has 0 heterocycles. The lowest BCUT2D eigenvalue weighted by atomic mass is 10.1. The molecule has 0 aliphatic heterocycles. The lowest BCUT2D eigenvalue weighted by Crippen LogP contribution is -2.34. The zero-order valence-corrected chi connectivity index (χ0v) is 11.7. The van der Waals surface area contributed by atoms with Gasteiger partial charge in [-0.15, -0.1) is 0 Å². The first-order chi connectivity index (χ1) is 7.80. The van der Waals surface area contributed by atoms with Gasteiger partial charge in [-0.05, 0) is 17.7 Å². The van der Waals surface area contributed by atoms with E-state index in [2.05, 4.69) is 15.9 Å². The zero-order valence-electron chi connectivity index (χ0n) is 9.30. The number of benzene rings is 1. The zero-order chi connectivity index (χ0) is 12.8. The van der Waals surface area contributed by atoms with Crippen molar-refractivity contribution in [3.05, 3.63) is 34.3 Å². The van der Waals surface area contributed by atoms with Crippen LogP contribution in [-0.2, 0) is 9.84 Å². The van der Waals surface area contributed by atoms with Crippen LogP contribution in [0.4, 0.5) is 0 Å². The molecule has 0 aromatic heterocycles. The third-order valence-corrected chi connectivity index (χ3v) is 5.43. The molecule has 0 bridgehead atoms. The normalized spacial score (nSPS) is 32.5. The van der Waals surface area contributed by atoms with E-state index in [0.29, 0.717) is 0 Å². The van der Waals surface area contributed by atoms with Crippen molar-refractivity contribution in [3.63, 3.8) is 0 Å². The van der Waals surface area contributed by atoms with Crippen molar-refractivity contribution in [2.75, 3.05) is 12.9 Å². The van der Waals surface area contributed by atoms with Crippen molar-refractivity contribution in [1.29, 1.82) is 0 Å². The van der Waals surface area contributed by atoms with Crippen LogP contribution in [0.25, 0.3) is 0 Å². The maximum Gasteiger partial charge on any atom is 0.152 e. The van der Waals surface area contributed by atoms with Crippen molar-refractivity contribution in [2.24, 2.45) is 5.73 Å². The molecule has 2 rings (SSSR count). The second kappa shape index (κ2) is 4.05. The Kier molecular flexibility index (Phi) is 3.10. The maximum absolute atomic E-state index is 11.6. The predicted molar refractivity (Wildman–Crippen MR) is 69.5 cm³/mol. The van der Waals surface area contributed by atoms with Gasteiger partial charge < -0.3 is 10.8 Å². The minimum Gasteiger partial charge on any atom is -0.394 e. The summed E-state index contributed by atoms with van der Waals surface area (Å²) in [6.45, 7) is -0.328. The molecular formula is C11H14BrNO3S. The Morgan fingerprint density at radius 2 is 1.94 bits per heavy atom. The molecule has 1 aromatic rings. The highest BCUT2D eigenvalue weighted by Crippen LogP contribution is 2.53. The number of aliphatic hydroxyl groups is 1. The Balaban J connectivity index is 2.37. The van der Waals surface area contributed by atoms with E-state index in [1.165, 1.54) is 0 Å². The SMILES string of the molecule is CS(=O)(=O)[C@H]1[C@H](c2ccc(Br)cc2)[C@@]1(N)CO. The summed E-state index contributed by atoms with van der Waals surface area (Å²) in [5, 5.41) is 8.59. The molecule has 0 radical (unpaired) electrons. The minimum atomic E-state index is -3.25. The minimum absolute atomic E-state index is 0.324. The first-order valence-corrected chi connectivity index (χ1v) is 7.89. The van der Waals surface area contributed by atoms with E-state index in [1.807, 2.05) is 24.3 Å². The topological polar surface area (TPSA) is 80.4 Å². The van der Waals surface area contributed by atoms with Crippen LogP contribution in [0.15, 0.2) is 28.7 Å². The van der Waals surface area contributed by atoms with Gasteiger partial charge in [-0.3, -0.25) is 0 Å². The Morgan fingerprint density at radius 3 is 2.29 bits per heavy atom. The van der Waals surface area contributed by atoms with Crippen molar-refractivity contribution in [3.8, 4) is 0 Å².